The second kappa shape index (κ2) is 7.61. The number of nitrogens with zero attached hydrogens (tertiary/aromatic N) is 4. The van der Waals surface area contributed by atoms with E-state index in [1.807, 2.05) is 6.92 Å². The Hall–Kier alpha value is -2.54. The Morgan fingerprint density at radius 1 is 1.30 bits per heavy atom. The monoisotopic (exact) mass is 407 g/mol. The molecule has 1 spiro atoms. The summed E-state index contributed by atoms with van der Waals surface area (Å²) in [6, 6.07) is 4.30. The molecule has 1 unspecified atom stereocenters. The standard InChI is InChI=1S/C23H29N5O2/c1-15-25-11-18(12-26-15)20(8-21(29)30)28-13-23(14-28)9-16(10-23)7-19-5-4-17-3-2-6-24-22(17)27-19/h4-5,11-12,16,20H,2-3,6-10,13-14H2,1H3,(H,24,27)(H,29,30). The van der Waals surface area contributed by atoms with Gasteiger partial charge in [-0.1, -0.05) is 6.07 Å². The molecule has 7 nitrogen and oxygen atoms in total. The van der Waals surface area contributed by atoms with E-state index in [0.717, 1.165) is 43.9 Å². The average molecular weight is 408 g/mol. The second-order valence-electron chi connectivity index (χ2n) is 9.40. The fraction of sp³-hybridized carbons (Fsp3) is 0.565. The number of anilines is 1. The molecule has 3 aliphatic rings. The van der Waals surface area contributed by atoms with Crippen LogP contribution in [0.1, 0.15) is 54.4 Å². The molecule has 2 aromatic rings. The summed E-state index contributed by atoms with van der Waals surface area (Å²) in [7, 11) is 0. The van der Waals surface area contributed by atoms with Gasteiger partial charge in [-0.3, -0.25) is 9.69 Å². The van der Waals surface area contributed by atoms with Crippen LogP contribution in [0.15, 0.2) is 24.5 Å². The van der Waals surface area contributed by atoms with Crippen molar-refractivity contribution in [2.45, 2.75) is 51.5 Å². The van der Waals surface area contributed by atoms with E-state index >= 15 is 0 Å². The van der Waals surface area contributed by atoms with Gasteiger partial charge in [-0.05, 0) is 62.0 Å². The summed E-state index contributed by atoms with van der Waals surface area (Å²) in [6.07, 6.45) is 9.42. The molecule has 2 N–H and O–H groups in total. The number of nitrogens with one attached hydrogen (secondary N) is 1. The largest absolute Gasteiger partial charge is 0.481 e. The van der Waals surface area contributed by atoms with Crippen molar-refractivity contribution in [2.75, 3.05) is 25.0 Å². The van der Waals surface area contributed by atoms with Crippen LogP contribution < -0.4 is 5.32 Å². The summed E-state index contributed by atoms with van der Waals surface area (Å²) in [4.78, 5) is 27.1. The van der Waals surface area contributed by atoms with Gasteiger partial charge in [-0.25, -0.2) is 15.0 Å². The molecule has 5 rings (SSSR count). The number of fused-ring (bicyclic) bond motifs is 1. The summed E-state index contributed by atoms with van der Waals surface area (Å²) < 4.78 is 0. The number of likely N-dealkylation sites (tertiary alicyclic amines) is 1. The Morgan fingerprint density at radius 3 is 2.80 bits per heavy atom. The normalized spacial score (nSPS) is 21.2. The smallest absolute Gasteiger partial charge is 0.305 e. The molecule has 0 bridgehead atoms. The zero-order valence-electron chi connectivity index (χ0n) is 17.5. The zero-order valence-corrected chi connectivity index (χ0v) is 17.5. The molecule has 7 heteroatoms. The lowest BCUT2D eigenvalue weighted by Gasteiger charge is -2.61. The maximum Gasteiger partial charge on any atom is 0.305 e. The topological polar surface area (TPSA) is 91.2 Å². The Kier molecular flexibility index (Phi) is 4.93. The Balaban J connectivity index is 1.17. The molecule has 1 saturated heterocycles. The van der Waals surface area contributed by atoms with Gasteiger partial charge in [0.05, 0.1) is 6.42 Å². The van der Waals surface area contributed by atoms with Gasteiger partial charge in [-0.15, -0.1) is 0 Å². The van der Waals surface area contributed by atoms with Crippen molar-refractivity contribution >= 4 is 11.8 Å². The van der Waals surface area contributed by atoms with Crippen molar-refractivity contribution in [2.24, 2.45) is 11.3 Å². The number of carbonyl (C=O) groups is 1. The zero-order chi connectivity index (χ0) is 20.7. The minimum absolute atomic E-state index is 0.0952. The molecule has 1 saturated carbocycles. The molecule has 4 heterocycles. The summed E-state index contributed by atoms with van der Waals surface area (Å²) >= 11 is 0. The Morgan fingerprint density at radius 2 is 2.07 bits per heavy atom. The number of rotatable bonds is 6. The maximum absolute atomic E-state index is 11.4. The number of hydrogen-bond acceptors (Lipinski definition) is 6. The highest BCUT2D eigenvalue weighted by atomic mass is 16.4. The van der Waals surface area contributed by atoms with Crippen LogP contribution >= 0.6 is 0 Å². The van der Waals surface area contributed by atoms with Crippen molar-refractivity contribution in [3.8, 4) is 0 Å². The first-order valence-corrected chi connectivity index (χ1v) is 11.0. The van der Waals surface area contributed by atoms with Crippen molar-refractivity contribution < 1.29 is 9.90 Å². The number of aryl methyl sites for hydroxylation is 2. The van der Waals surface area contributed by atoms with Gasteiger partial charge in [0.25, 0.3) is 0 Å². The molecule has 1 atom stereocenters. The predicted octanol–water partition coefficient (Wildman–Crippen LogP) is 3.01. The van der Waals surface area contributed by atoms with Crippen LogP contribution in [-0.4, -0.2) is 50.6 Å². The van der Waals surface area contributed by atoms with E-state index in [1.165, 1.54) is 30.5 Å². The molecule has 30 heavy (non-hydrogen) atoms. The van der Waals surface area contributed by atoms with Crippen molar-refractivity contribution in [1.29, 1.82) is 0 Å². The molecule has 0 aromatic carbocycles. The first-order chi connectivity index (χ1) is 14.5. The third-order valence-corrected chi connectivity index (χ3v) is 6.96. The van der Waals surface area contributed by atoms with Crippen LogP contribution in [0.5, 0.6) is 0 Å². The van der Waals surface area contributed by atoms with Crippen molar-refractivity contribution in [3.05, 3.63) is 47.2 Å². The van der Waals surface area contributed by atoms with E-state index in [9.17, 15) is 9.90 Å². The van der Waals surface area contributed by atoms with E-state index in [-0.39, 0.29) is 12.5 Å². The Bertz CT molecular complexity index is 931. The molecule has 1 aliphatic carbocycles. The van der Waals surface area contributed by atoms with Gasteiger partial charge < -0.3 is 10.4 Å². The minimum atomic E-state index is -0.778. The summed E-state index contributed by atoms with van der Waals surface area (Å²) in [6.45, 7) is 4.80. The summed E-state index contributed by atoms with van der Waals surface area (Å²) in [5.74, 6) is 1.70. The van der Waals surface area contributed by atoms with Crippen molar-refractivity contribution in [1.82, 2.24) is 19.9 Å². The lowest BCUT2D eigenvalue weighted by molar-refractivity contribution is -0.145. The third kappa shape index (κ3) is 3.78. The van der Waals surface area contributed by atoms with E-state index in [2.05, 4.69) is 32.3 Å². The number of aliphatic carboxylic acids is 1. The van der Waals surface area contributed by atoms with Gasteiger partial charge in [0.2, 0.25) is 0 Å². The highest BCUT2D eigenvalue weighted by Crippen LogP contribution is 2.54. The summed E-state index contributed by atoms with van der Waals surface area (Å²) in [5.41, 5.74) is 3.80. The quantitative estimate of drug-likeness (QED) is 0.760. The lowest BCUT2D eigenvalue weighted by atomic mass is 9.56. The number of carboxylic acids is 1. The maximum atomic E-state index is 11.4. The van der Waals surface area contributed by atoms with Crippen LogP contribution in [0.4, 0.5) is 5.82 Å². The highest BCUT2D eigenvalue weighted by Gasteiger charge is 2.53. The van der Waals surface area contributed by atoms with Gasteiger partial charge >= 0.3 is 5.97 Å². The van der Waals surface area contributed by atoms with E-state index in [0.29, 0.717) is 17.2 Å². The first kappa shape index (κ1) is 19.4. The van der Waals surface area contributed by atoms with E-state index in [1.54, 1.807) is 12.4 Å². The van der Waals surface area contributed by atoms with Crippen molar-refractivity contribution in [3.63, 3.8) is 0 Å². The molecule has 0 radical (unpaired) electrons. The highest BCUT2D eigenvalue weighted by molar-refractivity contribution is 5.68. The summed E-state index contributed by atoms with van der Waals surface area (Å²) in [5, 5.41) is 12.8. The predicted molar refractivity (Wildman–Crippen MR) is 113 cm³/mol. The van der Waals surface area contributed by atoms with Crippen LogP contribution in [0, 0.1) is 18.3 Å². The fourth-order valence-corrected chi connectivity index (χ4v) is 5.58. The van der Waals surface area contributed by atoms with Crippen LogP contribution in [0.25, 0.3) is 0 Å². The molecule has 2 aromatic heterocycles. The molecular formula is C23H29N5O2. The van der Waals surface area contributed by atoms with Gasteiger partial charge in [0.15, 0.2) is 0 Å². The molecule has 2 fully saturated rings. The lowest BCUT2D eigenvalue weighted by Crippen LogP contribution is -2.63. The number of hydrogen-bond donors (Lipinski definition) is 2. The fourth-order valence-electron chi connectivity index (χ4n) is 5.58. The van der Waals surface area contributed by atoms with E-state index < -0.39 is 5.97 Å². The average Bonchev–Trinajstić information content (AvgIpc) is 2.68. The number of aromatic nitrogens is 3. The van der Waals surface area contributed by atoms with E-state index in [4.69, 9.17) is 4.98 Å². The van der Waals surface area contributed by atoms with Crippen LogP contribution in [0.2, 0.25) is 0 Å². The SMILES string of the molecule is Cc1ncc(C(CC(=O)O)N2CC3(CC(Cc4ccc5c(n4)NCCC5)C3)C2)cn1. The number of carboxylic acid groups (broad SMARTS) is 1. The molecule has 158 valence electrons. The van der Waals surface area contributed by atoms with Crippen LogP contribution in [-0.2, 0) is 17.6 Å². The first-order valence-electron chi connectivity index (χ1n) is 11.0. The molecular weight excluding hydrogens is 378 g/mol. The van der Waals surface area contributed by atoms with Gasteiger partial charge in [-0.2, -0.15) is 0 Å². The molecule has 2 aliphatic heterocycles. The Labute approximate surface area is 177 Å². The molecule has 0 amide bonds. The van der Waals surface area contributed by atoms with Gasteiger partial charge in [0.1, 0.15) is 11.6 Å². The third-order valence-electron chi connectivity index (χ3n) is 6.96. The van der Waals surface area contributed by atoms with Gasteiger partial charge in [0, 0.05) is 49.3 Å². The minimum Gasteiger partial charge on any atom is -0.481 e. The van der Waals surface area contributed by atoms with Crippen LogP contribution in [0.3, 0.4) is 0 Å². The second-order valence-corrected chi connectivity index (χ2v) is 9.40. The number of pyridine rings is 1.